The number of hydrogen-bond acceptors (Lipinski definition) is 1. The van der Waals surface area contributed by atoms with E-state index in [-0.39, 0.29) is 12.4 Å². The van der Waals surface area contributed by atoms with Crippen molar-refractivity contribution >= 4 is 12.4 Å². The first-order chi connectivity index (χ1) is 5.90. The molecule has 76 valence electrons. The molecule has 1 N–H and O–H groups in total. The molecule has 0 radical (unpaired) electrons. The van der Waals surface area contributed by atoms with Crippen LogP contribution in [0.1, 0.15) is 44.9 Å². The van der Waals surface area contributed by atoms with Crippen LogP contribution in [-0.2, 0) is 0 Å². The second-order valence-corrected chi connectivity index (χ2v) is 5.15. The van der Waals surface area contributed by atoms with E-state index in [4.69, 9.17) is 0 Å². The highest BCUT2D eigenvalue weighted by Gasteiger charge is 2.35. The molecular weight excluding hydrogens is 182 g/mol. The first kappa shape index (κ1) is 9.79. The van der Waals surface area contributed by atoms with E-state index in [9.17, 15) is 0 Å². The van der Waals surface area contributed by atoms with Crippen molar-refractivity contribution in [2.45, 2.75) is 57.0 Å². The summed E-state index contributed by atoms with van der Waals surface area (Å²) in [5.41, 5.74) is 0. The number of piperidine rings is 1. The van der Waals surface area contributed by atoms with E-state index in [2.05, 4.69) is 5.32 Å². The molecule has 2 heteroatoms. The van der Waals surface area contributed by atoms with Crippen molar-refractivity contribution in [3.8, 4) is 0 Å². The van der Waals surface area contributed by atoms with Crippen LogP contribution in [0.25, 0.3) is 0 Å². The maximum Gasteiger partial charge on any atom is 0.00728 e. The summed E-state index contributed by atoms with van der Waals surface area (Å²) in [5, 5.41) is 3.71. The molecule has 2 unspecified atom stereocenters. The Bertz CT molecular complexity index is 167. The Labute approximate surface area is 87.1 Å². The quantitative estimate of drug-likeness (QED) is 0.725. The summed E-state index contributed by atoms with van der Waals surface area (Å²) in [6.07, 6.45) is 10.6. The lowest BCUT2D eigenvalue weighted by atomic mass is 9.88. The van der Waals surface area contributed by atoms with Crippen LogP contribution >= 0.6 is 12.4 Å². The Morgan fingerprint density at radius 1 is 0.846 bits per heavy atom. The van der Waals surface area contributed by atoms with Crippen LogP contribution in [0, 0.1) is 11.8 Å². The monoisotopic (exact) mass is 201 g/mol. The number of halogens is 1. The Balaban J connectivity index is 0.000000653. The second-order valence-electron chi connectivity index (χ2n) is 5.15. The molecule has 0 aromatic carbocycles. The molecule has 3 aliphatic rings. The minimum atomic E-state index is 0. The molecule has 13 heavy (non-hydrogen) atoms. The molecule has 0 aromatic heterocycles. The van der Waals surface area contributed by atoms with E-state index in [1.54, 1.807) is 19.3 Å². The maximum atomic E-state index is 3.71. The molecule has 0 spiro atoms. The van der Waals surface area contributed by atoms with Crippen molar-refractivity contribution in [3.05, 3.63) is 0 Å². The van der Waals surface area contributed by atoms with Gasteiger partial charge in [0.2, 0.25) is 0 Å². The summed E-state index contributed by atoms with van der Waals surface area (Å²) in [6.45, 7) is 0. The van der Waals surface area contributed by atoms with E-state index in [1.807, 2.05) is 0 Å². The summed E-state index contributed by atoms with van der Waals surface area (Å²) in [7, 11) is 0. The van der Waals surface area contributed by atoms with Gasteiger partial charge in [-0.15, -0.1) is 12.4 Å². The summed E-state index contributed by atoms with van der Waals surface area (Å²) >= 11 is 0. The standard InChI is InChI=1S/C11H19N.ClH/c1-2-8(1)5-9-6-10-3-4-11(7-9)12-10;/h8-12H,1-7H2;1H. The molecule has 2 saturated heterocycles. The van der Waals surface area contributed by atoms with Crippen molar-refractivity contribution in [1.29, 1.82) is 0 Å². The van der Waals surface area contributed by atoms with Crippen molar-refractivity contribution < 1.29 is 0 Å². The maximum absolute atomic E-state index is 3.71. The van der Waals surface area contributed by atoms with Gasteiger partial charge in [-0.1, -0.05) is 12.8 Å². The van der Waals surface area contributed by atoms with E-state index >= 15 is 0 Å². The van der Waals surface area contributed by atoms with Crippen LogP contribution in [-0.4, -0.2) is 12.1 Å². The number of fused-ring (bicyclic) bond motifs is 2. The zero-order valence-corrected chi connectivity index (χ0v) is 8.98. The highest BCUT2D eigenvalue weighted by atomic mass is 35.5. The van der Waals surface area contributed by atoms with Gasteiger partial charge in [0.05, 0.1) is 0 Å². The zero-order chi connectivity index (χ0) is 7.97. The third kappa shape index (κ3) is 2.19. The lowest BCUT2D eigenvalue weighted by Crippen LogP contribution is -2.38. The Kier molecular flexibility index (Phi) is 2.85. The van der Waals surface area contributed by atoms with Gasteiger partial charge in [-0.05, 0) is 43.9 Å². The third-order valence-electron chi connectivity index (χ3n) is 3.93. The average Bonchev–Trinajstić information content (AvgIpc) is 2.79. The topological polar surface area (TPSA) is 12.0 Å². The van der Waals surface area contributed by atoms with Gasteiger partial charge in [0.15, 0.2) is 0 Å². The smallest absolute Gasteiger partial charge is 0.00728 e. The molecule has 1 saturated carbocycles. The molecule has 3 fully saturated rings. The van der Waals surface area contributed by atoms with Crippen molar-refractivity contribution in [2.75, 3.05) is 0 Å². The molecule has 2 bridgehead atoms. The molecule has 2 atom stereocenters. The molecule has 0 aromatic rings. The van der Waals surface area contributed by atoms with E-state index in [0.29, 0.717) is 0 Å². The normalized spacial score (nSPS) is 42.9. The van der Waals surface area contributed by atoms with Gasteiger partial charge >= 0.3 is 0 Å². The fourth-order valence-electron chi connectivity index (χ4n) is 3.19. The predicted octanol–water partition coefficient (Wildman–Crippen LogP) is 2.74. The van der Waals surface area contributed by atoms with E-state index < -0.39 is 0 Å². The molecule has 0 amide bonds. The van der Waals surface area contributed by atoms with Crippen LogP contribution in [0.15, 0.2) is 0 Å². The molecule has 1 nitrogen and oxygen atoms in total. The Morgan fingerprint density at radius 2 is 1.46 bits per heavy atom. The zero-order valence-electron chi connectivity index (χ0n) is 8.17. The fourth-order valence-corrected chi connectivity index (χ4v) is 3.19. The molecule has 3 rings (SSSR count). The Hall–Kier alpha value is 0.250. The van der Waals surface area contributed by atoms with Gasteiger partial charge in [-0.2, -0.15) is 0 Å². The Morgan fingerprint density at radius 3 is 2.00 bits per heavy atom. The van der Waals surface area contributed by atoms with Crippen molar-refractivity contribution in [3.63, 3.8) is 0 Å². The van der Waals surface area contributed by atoms with Crippen LogP contribution < -0.4 is 5.32 Å². The van der Waals surface area contributed by atoms with Gasteiger partial charge in [-0.3, -0.25) is 0 Å². The second kappa shape index (κ2) is 3.78. The number of nitrogens with one attached hydrogen (secondary N) is 1. The molecular formula is C11H20ClN. The van der Waals surface area contributed by atoms with Crippen molar-refractivity contribution in [2.24, 2.45) is 11.8 Å². The van der Waals surface area contributed by atoms with Crippen LogP contribution in [0.2, 0.25) is 0 Å². The van der Waals surface area contributed by atoms with E-state index in [1.165, 1.54) is 25.7 Å². The van der Waals surface area contributed by atoms with Crippen molar-refractivity contribution in [1.82, 2.24) is 5.32 Å². The van der Waals surface area contributed by atoms with Gasteiger partial charge in [0, 0.05) is 12.1 Å². The van der Waals surface area contributed by atoms with Gasteiger partial charge < -0.3 is 5.32 Å². The largest absolute Gasteiger partial charge is 0.311 e. The molecule has 2 heterocycles. The first-order valence-corrected chi connectivity index (χ1v) is 5.66. The molecule has 1 aliphatic carbocycles. The number of hydrogen-bond donors (Lipinski definition) is 1. The van der Waals surface area contributed by atoms with Gasteiger partial charge in [0.1, 0.15) is 0 Å². The van der Waals surface area contributed by atoms with Crippen LogP contribution in [0.3, 0.4) is 0 Å². The van der Waals surface area contributed by atoms with Crippen LogP contribution in [0.4, 0.5) is 0 Å². The van der Waals surface area contributed by atoms with Gasteiger partial charge in [-0.25, -0.2) is 0 Å². The predicted molar refractivity (Wildman–Crippen MR) is 57.3 cm³/mol. The van der Waals surface area contributed by atoms with E-state index in [0.717, 1.165) is 23.9 Å². The SMILES string of the molecule is C1CC1CC1CC2CCC(C1)N2.Cl. The van der Waals surface area contributed by atoms with Crippen LogP contribution in [0.5, 0.6) is 0 Å². The minimum absolute atomic E-state index is 0. The summed E-state index contributed by atoms with van der Waals surface area (Å²) in [5.74, 6) is 2.24. The summed E-state index contributed by atoms with van der Waals surface area (Å²) in [4.78, 5) is 0. The summed E-state index contributed by atoms with van der Waals surface area (Å²) in [6, 6.07) is 1.82. The first-order valence-electron chi connectivity index (χ1n) is 5.66. The average molecular weight is 202 g/mol. The lowest BCUT2D eigenvalue weighted by Gasteiger charge is -2.29. The fraction of sp³-hybridized carbons (Fsp3) is 1.00. The number of rotatable bonds is 2. The highest BCUT2D eigenvalue weighted by Crippen LogP contribution is 2.41. The highest BCUT2D eigenvalue weighted by molar-refractivity contribution is 5.85. The van der Waals surface area contributed by atoms with Gasteiger partial charge in [0.25, 0.3) is 0 Å². The molecule has 2 aliphatic heterocycles. The minimum Gasteiger partial charge on any atom is -0.311 e. The third-order valence-corrected chi connectivity index (χ3v) is 3.93. The lowest BCUT2D eigenvalue weighted by molar-refractivity contribution is 0.277. The summed E-state index contributed by atoms with van der Waals surface area (Å²) < 4.78 is 0.